The number of halogens is 5. The summed E-state index contributed by atoms with van der Waals surface area (Å²) < 4.78 is 36.5. The number of carbonyl (C=O) groups is 1. The van der Waals surface area contributed by atoms with Crippen LogP contribution in [0.3, 0.4) is 0 Å². The molecule has 0 unspecified atom stereocenters. The summed E-state index contributed by atoms with van der Waals surface area (Å²) in [6.45, 7) is 0. The second kappa shape index (κ2) is 4.50. The molecule has 0 atom stereocenters. The van der Waals surface area contributed by atoms with E-state index in [0.717, 1.165) is 6.07 Å². The first-order valence-electron chi connectivity index (χ1n) is 3.90. The number of ketones is 1. The molecule has 0 heterocycles. The van der Waals surface area contributed by atoms with Crippen LogP contribution in [0.4, 0.5) is 18.9 Å². The van der Waals surface area contributed by atoms with Crippen LogP contribution in [0.15, 0.2) is 12.1 Å². The van der Waals surface area contributed by atoms with Crippen molar-refractivity contribution in [2.24, 2.45) is 0 Å². The quantitative estimate of drug-likeness (QED) is 0.474. The first-order chi connectivity index (χ1) is 7.66. The van der Waals surface area contributed by atoms with Crippen LogP contribution in [0.2, 0.25) is 10.0 Å². The van der Waals surface area contributed by atoms with Crippen LogP contribution in [0, 0.1) is 10.1 Å². The molecule has 17 heavy (non-hydrogen) atoms. The summed E-state index contributed by atoms with van der Waals surface area (Å²) in [4.78, 5) is 20.3. The van der Waals surface area contributed by atoms with Crippen molar-refractivity contribution in [1.29, 1.82) is 0 Å². The van der Waals surface area contributed by atoms with Crippen LogP contribution >= 0.6 is 23.2 Å². The van der Waals surface area contributed by atoms with Gasteiger partial charge in [0, 0.05) is 0 Å². The van der Waals surface area contributed by atoms with Gasteiger partial charge >= 0.3 is 11.9 Å². The number of hydrogen-bond donors (Lipinski definition) is 0. The Kier molecular flexibility index (Phi) is 3.63. The van der Waals surface area contributed by atoms with Crippen molar-refractivity contribution in [3.8, 4) is 0 Å². The third-order valence-electron chi connectivity index (χ3n) is 1.75. The lowest BCUT2D eigenvalue weighted by Gasteiger charge is -2.07. The number of nitro groups is 1. The molecule has 1 aromatic rings. The number of carbonyl (C=O) groups excluding carboxylic acids is 1. The van der Waals surface area contributed by atoms with Gasteiger partial charge in [-0.3, -0.25) is 14.9 Å². The maximum absolute atomic E-state index is 12.2. The topological polar surface area (TPSA) is 60.2 Å². The lowest BCUT2D eigenvalue weighted by molar-refractivity contribution is -0.385. The van der Waals surface area contributed by atoms with Gasteiger partial charge in [-0.2, -0.15) is 13.2 Å². The normalized spacial score (nSPS) is 11.4. The summed E-state index contributed by atoms with van der Waals surface area (Å²) in [5.41, 5.74) is -2.29. The highest BCUT2D eigenvalue weighted by molar-refractivity contribution is 6.43. The number of nitro benzene ring substituents is 1. The Morgan fingerprint density at radius 2 is 1.82 bits per heavy atom. The molecule has 0 bridgehead atoms. The van der Waals surface area contributed by atoms with E-state index in [4.69, 9.17) is 23.2 Å². The van der Waals surface area contributed by atoms with Crippen LogP contribution in [-0.2, 0) is 0 Å². The van der Waals surface area contributed by atoms with E-state index in [1.54, 1.807) is 0 Å². The summed E-state index contributed by atoms with van der Waals surface area (Å²) in [5, 5.41) is 9.56. The van der Waals surface area contributed by atoms with Crippen molar-refractivity contribution in [3.05, 3.63) is 37.9 Å². The minimum absolute atomic E-state index is 0.308. The first-order valence-corrected chi connectivity index (χ1v) is 4.65. The second-order valence-electron chi connectivity index (χ2n) is 2.84. The summed E-state index contributed by atoms with van der Waals surface area (Å²) in [6.07, 6.45) is -5.22. The number of rotatable bonds is 2. The maximum Gasteiger partial charge on any atom is 0.455 e. The smallest absolute Gasteiger partial charge is 0.284 e. The number of benzene rings is 1. The van der Waals surface area contributed by atoms with Crippen LogP contribution in [-0.4, -0.2) is 16.9 Å². The van der Waals surface area contributed by atoms with Gasteiger partial charge in [-0.05, 0) is 12.1 Å². The number of hydrogen-bond acceptors (Lipinski definition) is 3. The molecule has 1 rings (SSSR count). The zero-order valence-corrected chi connectivity index (χ0v) is 9.23. The molecule has 0 saturated heterocycles. The molecular weight excluding hydrogens is 286 g/mol. The van der Waals surface area contributed by atoms with Gasteiger partial charge in [0.25, 0.3) is 5.78 Å². The summed E-state index contributed by atoms with van der Waals surface area (Å²) in [5.74, 6) is -2.34. The standard InChI is InChI=1S/C8H2Cl2F3NO3/c9-4-2-1-3(7(15)8(11,12)13)6(5(4)10)14(16)17/h1-2H. The van der Waals surface area contributed by atoms with Gasteiger partial charge in [-0.1, -0.05) is 23.2 Å². The van der Waals surface area contributed by atoms with Crippen molar-refractivity contribution >= 4 is 34.7 Å². The molecule has 0 radical (unpaired) electrons. The predicted octanol–water partition coefficient (Wildman–Crippen LogP) is 3.65. The van der Waals surface area contributed by atoms with Crippen molar-refractivity contribution in [3.63, 3.8) is 0 Å². The lowest BCUT2D eigenvalue weighted by atomic mass is 10.1. The Labute approximate surface area is 102 Å². The zero-order chi connectivity index (χ0) is 13.4. The third kappa shape index (κ3) is 2.67. The molecular formula is C8H2Cl2F3NO3. The van der Waals surface area contributed by atoms with E-state index in [-0.39, 0.29) is 5.02 Å². The van der Waals surface area contributed by atoms with E-state index < -0.39 is 33.2 Å². The van der Waals surface area contributed by atoms with Crippen molar-refractivity contribution in [2.75, 3.05) is 0 Å². The van der Waals surface area contributed by atoms with Gasteiger partial charge in [0.15, 0.2) is 0 Å². The average molecular weight is 288 g/mol. The number of nitrogens with zero attached hydrogens (tertiary/aromatic N) is 1. The summed E-state index contributed by atoms with van der Waals surface area (Å²) in [6, 6.07) is 1.50. The second-order valence-corrected chi connectivity index (χ2v) is 3.63. The number of Topliss-reactive ketones (excluding diaryl/α,β-unsaturated/α-hetero) is 1. The van der Waals surface area contributed by atoms with Crippen LogP contribution < -0.4 is 0 Å². The molecule has 0 aliphatic carbocycles. The Morgan fingerprint density at radius 1 is 1.29 bits per heavy atom. The van der Waals surface area contributed by atoms with E-state index in [1.165, 1.54) is 0 Å². The van der Waals surface area contributed by atoms with Gasteiger partial charge < -0.3 is 0 Å². The van der Waals surface area contributed by atoms with Gasteiger partial charge in [0.05, 0.1) is 9.95 Å². The Morgan fingerprint density at radius 3 is 2.24 bits per heavy atom. The fourth-order valence-corrected chi connectivity index (χ4v) is 1.44. The molecule has 0 fully saturated rings. The third-order valence-corrected chi connectivity index (χ3v) is 2.55. The van der Waals surface area contributed by atoms with Crippen molar-refractivity contribution < 1.29 is 22.9 Å². The van der Waals surface area contributed by atoms with E-state index in [0.29, 0.717) is 6.07 Å². The first kappa shape index (κ1) is 13.7. The Bertz CT molecular complexity index is 502. The molecule has 0 saturated carbocycles. The molecule has 9 heteroatoms. The molecule has 0 aromatic heterocycles. The maximum atomic E-state index is 12.2. The highest BCUT2D eigenvalue weighted by atomic mass is 35.5. The summed E-state index contributed by atoms with van der Waals surface area (Å²) >= 11 is 10.8. The predicted molar refractivity (Wildman–Crippen MR) is 53.5 cm³/mol. The SMILES string of the molecule is O=C(c1ccc(Cl)c(Cl)c1[N+](=O)[O-])C(F)(F)F. The van der Waals surface area contributed by atoms with Gasteiger partial charge in [-0.25, -0.2) is 0 Å². The van der Waals surface area contributed by atoms with Crippen molar-refractivity contribution in [1.82, 2.24) is 0 Å². The van der Waals surface area contributed by atoms with Crippen LogP contribution in [0.1, 0.15) is 10.4 Å². The van der Waals surface area contributed by atoms with Gasteiger partial charge in [0.1, 0.15) is 10.6 Å². The van der Waals surface area contributed by atoms with E-state index in [9.17, 15) is 28.1 Å². The largest absolute Gasteiger partial charge is 0.455 e. The zero-order valence-electron chi connectivity index (χ0n) is 7.72. The van der Waals surface area contributed by atoms with E-state index in [1.807, 2.05) is 0 Å². The molecule has 0 spiro atoms. The molecule has 0 aliphatic rings. The van der Waals surface area contributed by atoms with Crippen LogP contribution in [0.25, 0.3) is 0 Å². The average Bonchev–Trinajstić information content (AvgIpc) is 2.18. The van der Waals surface area contributed by atoms with Crippen molar-refractivity contribution in [2.45, 2.75) is 6.18 Å². The molecule has 4 nitrogen and oxygen atoms in total. The van der Waals surface area contributed by atoms with Gasteiger partial charge in [0.2, 0.25) is 0 Å². The fraction of sp³-hybridized carbons (Fsp3) is 0.125. The minimum Gasteiger partial charge on any atom is -0.284 e. The molecule has 92 valence electrons. The fourth-order valence-electron chi connectivity index (χ4n) is 1.05. The number of alkyl halides is 3. The lowest BCUT2D eigenvalue weighted by Crippen LogP contribution is -2.23. The molecule has 0 N–H and O–H groups in total. The molecule has 0 aliphatic heterocycles. The van der Waals surface area contributed by atoms with Gasteiger partial charge in [-0.15, -0.1) is 0 Å². The minimum atomic E-state index is -5.22. The molecule has 0 amide bonds. The van der Waals surface area contributed by atoms with E-state index >= 15 is 0 Å². The van der Waals surface area contributed by atoms with E-state index in [2.05, 4.69) is 0 Å². The van der Waals surface area contributed by atoms with Crippen LogP contribution in [0.5, 0.6) is 0 Å². The Balaban J connectivity index is 3.51. The monoisotopic (exact) mass is 287 g/mol. The highest BCUT2D eigenvalue weighted by Crippen LogP contribution is 2.37. The molecule has 1 aromatic carbocycles. The summed E-state index contributed by atoms with van der Waals surface area (Å²) in [7, 11) is 0. The Hall–Kier alpha value is -1.34. The highest BCUT2D eigenvalue weighted by Gasteiger charge is 2.43.